The zero-order valence-electron chi connectivity index (χ0n) is 21.5. The van der Waals surface area contributed by atoms with Crippen LogP contribution in [0.5, 0.6) is 5.75 Å². The van der Waals surface area contributed by atoms with Crippen molar-refractivity contribution >= 4 is 17.8 Å². The number of carbonyl (C=O) groups is 3. The molecular formula is C28H33F2N3O5. The van der Waals surface area contributed by atoms with Gasteiger partial charge in [-0.3, -0.25) is 14.5 Å². The average Bonchev–Trinajstić information content (AvgIpc) is 2.90. The number of rotatable bonds is 10. The van der Waals surface area contributed by atoms with Crippen LogP contribution in [-0.2, 0) is 27.5 Å². The van der Waals surface area contributed by atoms with Crippen molar-refractivity contribution in [2.24, 2.45) is 5.92 Å². The second-order valence-electron chi connectivity index (χ2n) is 9.85. The van der Waals surface area contributed by atoms with Crippen LogP contribution in [0.1, 0.15) is 40.7 Å². The molecule has 2 aliphatic rings. The van der Waals surface area contributed by atoms with Crippen LogP contribution < -0.4 is 10.1 Å². The van der Waals surface area contributed by atoms with Crippen LogP contribution in [0.2, 0.25) is 0 Å². The number of halogens is 2. The van der Waals surface area contributed by atoms with Crippen molar-refractivity contribution in [3.05, 3.63) is 65.2 Å². The topological polar surface area (TPSA) is 88.2 Å². The van der Waals surface area contributed by atoms with Crippen molar-refractivity contribution in [1.82, 2.24) is 15.1 Å². The third-order valence-electron chi connectivity index (χ3n) is 6.95. The normalized spacial score (nSPS) is 17.4. The molecule has 1 saturated carbocycles. The smallest absolute Gasteiger partial charge is 0.337 e. The highest BCUT2D eigenvalue weighted by atomic mass is 19.3. The summed E-state index contributed by atoms with van der Waals surface area (Å²) in [5, 5.41) is 2.58. The van der Waals surface area contributed by atoms with E-state index in [2.05, 4.69) is 10.2 Å². The minimum absolute atomic E-state index is 0.0386. The number of methoxy groups -OCH3 is 1. The summed E-state index contributed by atoms with van der Waals surface area (Å²) < 4.78 is 36.6. The molecule has 0 bridgehead atoms. The molecule has 2 amide bonds. The Labute approximate surface area is 220 Å². The molecule has 10 heteroatoms. The van der Waals surface area contributed by atoms with Gasteiger partial charge in [0.2, 0.25) is 17.7 Å². The quantitative estimate of drug-likeness (QED) is 0.476. The number of hydrogen-bond donors (Lipinski definition) is 1. The first kappa shape index (κ1) is 27.5. The SMILES string of the molecule is COC(=O)c1ccc(COc2ccccc2CN2CCN(C(=O)CNC(=O)CC3CC(F)(F)C3)CC2)cc1. The van der Waals surface area contributed by atoms with Crippen molar-refractivity contribution in [3.63, 3.8) is 0 Å². The predicted octanol–water partition coefficient (Wildman–Crippen LogP) is 3.25. The van der Waals surface area contributed by atoms with Crippen molar-refractivity contribution in [3.8, 4) is 5.75 Å². The van der Waals surface area contributed by atoms with Crippen molar-refractivity contribution < 1.29 is 32.6 Å². The number of nitrogens with one attached hydrogen (secondary N) is 1. The van der Waals surface area contributed by atoms with Gasteiger partial charge in [-0.15, -0.1) is 0 Å². The maximum Gasteiger partial charge on any atom is 0.337 e. The van der Waals surface area contributed by atoms with E-state index in [0.717, 1.165) is 16.9 Å². The van der Waals surface area contributed by atoms with Gasteiger partial charge in [-0.2, -0.15) is 0 Å². The van der Waals surface area contributed by atoms with E-state index in [0.29, 0.717) is 44.9 Å². The lowest BCUT2D eigenvalue weighted by Crippen LogP contribution is -2.51. The van der Waals surface area contributed by atoms with Gasteiger partial charge in [-0.05, 0) is 29.7 Å². The van der Waals surface area contributed by atoms with Gasteiger partial charge < -0.3 is 19.7 Å². The van der Waals surface area contributed by atoms with Crippen LogP contribution in [0, 0.1) is 5.92 Å². The molecule has 38 heavy (non-hydrogen) atoms. The zero-order chi connectivity index (χ0) is 27.1. The summed E-state index contributed by atoms with van der Waals surface area (Å²) in [5.41, 5.74) is 2.45. The van der Waals surface area contributed by atoms with Crippen molar-refractivity contribution in [1.29, 1.82) is 0 Å². The van der Waals surface area contributed by atoms with Crippen LogP contribution in [0.3, 0.4) is 0 Å². The van der Waals surface area contributed by atoms with E-state index in [4.69, 9.17) is 9.47 Å². The Morgan fingerprint density at radius 1 is 1.00 bits per heavy atom. The molecule has 1 aliphatic carbocycles. The molecule has 2 fully saturated rings. The lowest BCUT2D eigenvalue weighted by atomic mass is 9.79. The predicted molar refractivity (Wildman–Crippen MR) is 136 cm³/mol. The number of piperazine rings is 1. The minimum atomic E-state index is -2.65. The first-order chi connectivity index (χ1) is 18.2. The molecule has 1 aliphatic heterocycles. The van der Waals surface area contributed by atoms with Gasteiger partial charge in [0, 0.05) is 57.5 Å². The van der Waals surface area contributed by atoms with Crippen LogP contribution in [0.25, 0.3) is 0 Å². The van der Waals surface area contributed by atoms with Crippen molar-refractivity contribution in [2.45, 2.75) is 38.3 Å². The Bertz CT molecular complexity index is 1130. The second kappa shape index (κ2) is 12.3. The Hall–Kier alpha value is -3.53. The lowest BCUT2D eigenvalue weighted by molar-refractivity contribution is -0.138. The maximum absolute atomic E-state index is 12.9. The Balaban J connectivity index is 1.20. The number of nitrogens with zero attached hydrogens (tertiary/aromatic N) is 2. The largest absolute Gasteiger partial charge is 0.489 e. The van der Waals surface area contributed by atoms with E-state index in [1.807, 2.05) is 36.4 Å². The van der Waals surface area contributed by atoms with Crippen LogP contribution in [-0.4, -0.2) is 73.3 Å². The highest BCUT2D eigenvalue weighted by Gasteiger charge is 2.45. The fourth-order valence-electron chi connectivity index (χ4n) is 4.74. The molecule has 0 aromatic heterocycles. The summed E-state index contributed by atoms with van der Waals surface area (Å²) in [5.74, 6) is -3.08. The Kier molecular flexibility index (Phi) is 8.93. The van der Waals surface area contributed by atoms with Gasteiger partial charge in [0.1, 0.15) is 12.4 Å². The fourth-order valence-corrected chi connectivity index (χ4v) is 4.74. The summed E-state index contributed by atoms with van der Waals surface area (Å²) in [7, 11) is 1.35. The summed E-state index contributed by atoms with van der Waals surface area (Å²) in [6, 6.07) is 14.9. The second-order valence-corrected chi connectivity index (χ2v) is 9.85. The van der Waals surface area contributed by atoms with E-state index in [1.165, 1.54) is 7.11 Å². The molecule has 4 rings (SSSR count). The van der Waals surface area contributed by atoms with Gasteiger partial charge in [-0.1, -0.05) is 30.3 Å². The number of para-hydroxylation sites is 1. The molecular weight excluding hydrogens is 496 g/mol. The molecule has 0 unspecified atom stereocenters. The molecule has 2 aromatic carbocycles. The monoisotopic (exact) mass is 529 g/mol. The summed E-state index contributed by atoms with van der Waals surface area (Å²) in [6.45, 7) is 3.36. The first-order valence-corrected chi connectivity index (χ1v) is 12.7. The molecule has 204 valence electrons. The van der Waals surface area contributed by atoms with Crippen LogP contribution in [0.15, 0.2) is 48.5 Å². The van der Waals surface area contributed by atoms with Gasteiger partial charge in [-0.25, -0.2) is 13.6 Å². The number of esters is 1. The average molecular weight is 530 g/mol. The van der Waals surface area contributed by atoms with Gasteiger partial charge in [0.15, 0.2) is 0 Å². The highest BCUT2D eigenvalue weighted by molar-refractivity contribution is 5.89. The fraction of sp³-hybridized carbons (Fsp3) is 0.464. The van der Waals surface area contributed by atoms with E-state index in [9.17, 15) is 23.2 Å². The molecule has 8 nitrogen and oxygen atoms in total. The standard InChI is InChI=1S/C28H33F2N3O5/c1-37-27(36)22-8-6-20(7-9-22)19-38-24-5-3-2-4-23(24)18-32-10-12-33(13-11-32)26(35)17-31-25(34)14-21-15-28(29,30)16-21/h2-9,21H,10-19H2,1H3,(H,31,34). The van der Waals surface area contributed by atoms with Crippen LogP contribution >= 0.6 is 0 Å². The maximum atomic E-state index is 12.9. The third kappa shape index (κ3) is 7.50. The molecule has 1 heterocycles. The molecule has 0 spiro atoms. The van der Waals surface area contributed by atoms with E-state index < -0.39 is 5.92 Å². The van der Waals surface area contributed by atoms with Crippen LogP contribution in [0.4, 0.5) is 8.78 Å². The van der Waals surface area contributed by atoms with Gasteiger partial charge >= 0.3 is 5.97 Å². The first-order valence-electron chi connectivity index (χ1n) is 12.7. The molecule has 0 atom stereocenters. The van der Waals surface area contributed by atoms with E-state index in [-0.39, 0.29) is 49.5 Å². The number of alkyl halides is 2. The summed E-state index contributed by atoms with van der Waals surface area (Å²) in [6.07, 6.45) is -0.472. The number of carbonyl (C=O) groups excluding carboxylic acids is 3. The van der Waals surface area contributed by atoms with Gasteiger partial charge in [0.05, 0.1) is 19.2 Å². The summed E-state index contributed by atoms with van der Waals surface area (Å²) in [4.78, 5) is 40.0. The molecule has 2 aromatic rings. The molecule has 0 radical (unpaired) electrons. The number of hydrogen-bond acceptors (Lipinski definition) is 6. The number of ether oxygens (including phenoxy) is 2. The van der Waals surface area contributed by atoms with E-state index in [1.54, 1.807) is 17.0 Å². The summed E-state index contributed by atoms with van der Waals surface area (Å²) >= 11 is 0. The minimum Gasteiger partial charge on any atom is -0.489 e. The highest BCUT2D eigenvalue weighted by Crippen LogP contribution is 2.43. The van der Waals surface area contributed by atoms with Crippen molar-refractivity contribution in [2.75, 3.05) is 39.8 Å². The number of amides is 2. The molecule has 1 N–H and O–H groups in total. The van der Waals surface area contributed by atoms with E-state index >= 15 is 0 Å². The number of benzene rings is 2. The molecule has 1 saturated heterocycles. The Morgan fingerprint density at radius 2 is 1.68 bits per heavy atom. The lowest BCUT2D eigenvalue weighted by Gasteiger charge is -2.35. The Morgan fingerprint density at radius 3 is 2.34 bits per heavy atom. The zero-order valence-corrected chi connectivity index (χ0v) is 21.5. The third-order valence-corrected chi connectivity index (χ3v) is 6.95. The van der Waals surface area contributed by atoms with Gasteiger partial charge in [0.25, 0.3) is 0 Å².